The van der Waals surface area contributed by atoms with E-state index in [1.807, 2.05) is 6.07 Å². The fourth-order valence-corrected chi connectivity index (χ4v) is 4.93. The molecule has 0 spiro atoms. The second-order valence-electron chi connectivity index (χ2n) is 7.87. The van der Waals surface area contributed by atoms with Crippen LogP contribution in [-0.4, -0.2) is 35.3 Å². The van der Waals surface area contributed by atoms with Crippen molar-refractivity contribution in [1.82, 2.24) is 14.3 Å². The maximum absolute atomic E-state index is 14.0. The van der Waals surface area contributed by atoms with Crippen LogP contribution >= 0.6 is 0 Å². The van der Waals surface area contributed by atoms with Crippen molar-refractivity contribution in [2.24, 2.45) is 0 Å². The number of benzene rings is 1. The highest BCUT2D eigenvalue weighted by Gasteiger charge is 2.39. The quantitative estimate of drug-likeness (QED) is 0.525. The van der Waals surface area contributed by atoms with Crippen molar-refractivity contribution in [3.63, 3.8) is 0 Å². The summed E-state index contributed by atoms with van der Waals surface area (Å²) in [7, 11) is -4.50. The summed E-state index contributed by atoms with van der Waals surface area (Å²) >= 11 is 0. The first-order valence-corrected chi connectivity index (χ1v) is 11.4. The van der Waals surface area contributed by atoms with Crippen molar-refractivity contribution < 1.29 is 31.1 Å². The minimum atomic E-state index is -4.76. The van der Waals surface area contributed by atoms with Gasteiger partial charge in [0.05, 0.1) is 22.5 Å². The highest BCUT2D eigenvalue weighted by Crippen LogP contribution is 2.43. The zero-order valence-electron chi connectivity index (χ0n) is 17.2. The number of hydrogen-bond acceptors (Lipinski definition) is 5. The van der Waals surface area contributed by atoms with Gasteiger partial charge >= 0.3 is 6.18 Å². The van der Waals surface area contributed by atoms with E-state index in [1.165, 1.54) is 12.1 Å². The van der Waals surface area contributed by atoms with E-state index >= 15 is 0 Å². The van der Waals surface area contributed by atoms with E-state index in [9.17, 15) is 36.3 Å². The Morgan fingerprint density at radius 2 is 2.00 bits per heavy atom. The van der Waals surface area contributed by atoms with E-state index in [1.54, 1.807) is 9.29 Å². The van der Waals surface area contributed by atoms with Crippen LogP contribution in [0.5, 0.6) is 5.75 Å². The number of phenols is 1. The van der Waals surface area contributed by atoms with Crippen LogP contribution in [0.2, 0.25) is 0 Å². The van der Waals surface area contributed by atoms with Gasteiger partial charge < -0.3 is 9.67 Å². The number of aromatic nitrogens is 2. The molecule has 2 N–H and O–H groups in total. The smallest absolute Gasteiger partial charge is 0.404 e. The number of pyridine rings is 1. The summed E-state index contributed by atoms with van der Waals surface area (Å²) < 4.78 is 80.3. The minimum Gasteiger partial charge on any atom is -0.505 e. The Morgan fingerprint density at radius 3 is 2.52 bits per heavy atom. The van der Waals surface area contributed by atoms with E-state index in [0.29, 0.717) is 18.1 Å². The molecule has 0 amide bonds. The number of halogens is 4. The predicted octanol–water partition coefficient (Wildman–Crippen LogP) is 4.37. The van der Waals surface area contributed by atoms with E-state index in [-0.39, 0.29) is 22.7 Å². The molecule has 1 fully saturated rings. The standard InChI is InChI=1S/C21H18F4N4O3S/c1-11(21(23,24)25)28-33(31,32)13-5-6-17(27-10-13)20-15(9-26)14-7-16(22)19(30)8-18(14)29(20)12-3-2-4-12/h5-8,10-12,28,30H,2-4H2,1H3. The van der Waals surface area contributed by atoms with Crippen molar-refractivity contribution in [2.75, 3.05) is 0 Å². The topological polar surface area (TPSA) is 108 Å². The van der Waals surface area contributed by atoms with Crippen LogP contribution in [0, 0.1) is 17.1 Å². The highest BCUT2D eigenvalue weighted by molar-refractivity contribution is 7.89. The molecule has 3 aromatic rings. The molecule has 174 valence electrons. The van der Waals surface area contributed by atoms with Crippen LogP contribution < -0.4 is 4.72 Å². The van der Waals surface area contributed by atoms with Gasteiger partial charge in [-0.1, -0.05) is 0 Å². The third-order valence-electron chi connectivity index (χ3n) is 5.74. The molecule has 0 bridgehead atoms. The van der Waals surface area contributed by atoms with Gasteiger partial charge in [-0.2, -0.15) is 23.2 Å². The molecule has 1 aliphatic rings. The van der Waals surface area contributed by atoms with Gasteiger partial charge in [0.25, 0.3) is 0 Å². The molecule has 1 saturated carbocycles. The lowest BCUT2D eigenvalue weighted by atomic mass is 9.92. The molecule has 2 aromatic heterocycles. The highest BCUT2D eigenvalue weighted by atomic mass is 32.2. The first kappa shape index (κ1) is 23.0. The van der Waals surface area contributed by atoms with Crippen molar-refractivity contribution >= 4 is 20.9 Å². The molecule has 33 heavy (non-hydrogen) atoms. The molecule has 0 radical (unpaired) electrons. The monoisotopic (exact) mass is 482 g/mol. The van der Waals surface area contributed by atoms with E-state index in [2.05, 4.69) is 4.98 Å². The molecule has 12 heteroatoms. The molecular formula is C21H18F4N4O3S. The number of alkyl halides is 3. The molecule has 4 rings (SSSR count). The molecule has 1 aromatic carbocycles. The molecule has 7 nitrogen and oxygen atoms in total. The van der Waals surface area contributed by atoms with E-state index in [4.69, 9.17) is 0 Å². The number of aromatic hydroxyl groups is 1. The lowest BCUT2D eigenvalue weighted by molar-refractivity contribution is -0.147. The van der Waals surface area contributed by atoms with Gasteiger partial charge in [-0.05, 0) is 44.4 Å². The molecular weight excluding hydrogens is 464 g/mol. The number of nitriles is 1. The fraction of sp³-hybridized carbons (Fsp3) is 0.333. The second-order valence-corrected chi connectivity index (χ2v) is 9.59. The van der Waals surface area contributed by atoms with Gasteiger partial charge in [-0.15, -0.1) is 0 Å². The summed E-state index contributed by atoms with van der Waals surface area (Å²) in [5, 5.41) is 19.9. The number of nitrogens with zero attached hydrogens (tertiary/aromatic N) is 3. The number of rotatable bonds is 5. The van der Waals surface area contributed by atoms with Crippen LogP contribution in [0.4, 0.5) is 17.6 Å². The Balaban J connectivity index is 1.82. The number of sulfonamides is 1. The Bertz CT molecular complexity index is 1370. The average molecular weight is 482 g/mol. The molecule has 1 unspecified atom stereocenters. The molecule has 1 atom stereocenters. The van der Waals surface area contributed by atoms with Gasteiger partial charge in [-0.3, -0.25) is 4.98 Å². The van der Waals surface area contributed by atoms with Crippen LogP contribution in [0.25, 0.3) is 22.3 Å². The normalized spacial score (nSPS) is 15.9. The second kappa shape index (κ2) is 8.00. The van der Waals surface area contributed by atoms with Gasteiger partial charge in [0.2, 0.25) is 10.0 Å². The van der Waals surface area contributed by atoms with Crippen LogP contribution in [0.3, 0.4) is 0 Å². The summed E-state index contributed by atoms with van der Waals surface area (Å²) in [5.74, 6) is -1.47. The maximum atomic E-state index is 14.0. The Hall–Kier alpha value is -3.17. The van der Waals surface area contributed by atoms with Gasteiger partial charge in [0.1, 0.15) is 17.0 Å². The third kappa shape index (κ3) is 4.02. The third-order valence-corrected chi connectivity index (χ3v) is 7.26. The van der Waals surface area contributed by atoms with Gasteiger partial charge in [0, 0.05) is 23.7 Å². The Kier molecular flexibility index (Phi) is 5.58. The lowest BCUT2D eigenvalue weighted by Gasteiger charge is -2.30. The summed E-state index contributed by atoms with van der Waals surface area (Å²) in [6.07, 6.45) is -1.35. The largest absolute Gasteiger partial charge is 0.505 e. The SMILES string of the molecule is CC(NS(=O)(=O)c1ccc(-c2c(C#N)c3cc(F)c(O)cc3n2C2CCC2)nc1)C(F)(F)F. The van der Waals surface area contributed by atoms with Gasteiger partial charge in [0.15, 0.2) is 11.6 Å². The summed E-state index contributed by atoms with van der Waals surface area (Å²) in [4.78, 5) is 3.63. The number of phenolic OH excluding ortho intramolecular Hbond substituents is 1. The first-order valence-electron chi connectivity index (χ1n) is 9.96. The van der Waals surface area contributed by atoms with Gasteiger partial charge in [-0.25, -0.2) is 12.8 Å². The van der Waals surface area contributed by atoms with E-state index in [0.717, 1.165) is 37.6 Å². The van der Waals surface area contributed by atoms with Crippen molar-refractivity contribution in [2.45, 2.75) is 49.3 Å². The van der Waals surface area contributed by atoms with E-state index < -0.39 is 38.7 Å². The first-order chi connectivity index (χ1) is 15.4. The average Bonchev–Trinajstić information content (AvgIpc) is 2.99. The Morgan fingerprint density at radius 1 is 1.30 bits per heavy atom. The Labute approximate surface area is 186 Å². The molecule has 0 aliphatic heterocycles. The van der Waals surface area contributed by atoms with Crippen molar-refractivity contribution in [3.05, 3.63) is 41.8 Å². The van der Waals surface area contributed by atoms with Crippen LogP contribution in [0.15, 0.2) is 35.4 Å². The number of hydrogen-bond donors (Lipinski definition) is 2. The van der Waals surface area contributed by atoms with Crippen LogP contribution in [0.1, 0.15) is 37.8 Å². The maximum Gasteiger partial charge on any atom is 0.404 e. The van der Waals surface area contributed by atoms with Crippen LogP contribution in [-0.2, 0) is 10.0 Å². The zero-order chi connectivity index (χ0) is 24.1. The number of nitrogens with one attached hydrogen (secondary N) is 1. The number of fused-ring (bicyclic) bond motifs is 1. The molecule has 0 saturated heterocycles. The molecule has 1 aliphatic carbocycles. The molecule has 2 heterocycles. The summed E-state index contributed by atoms with van der Waals surface area (Å²) in [6, 6.07) is 4.37. The zero-order valence-corrected chi connectivity index (χ0v) is 18.0. The van der Waals surface area contributed by atoms with Crippen molar-refractivity contribution in [1.29, 1.82) is 5.26 Å². The fourth-order valence-electron chi connectivity index (χ4n) is 3.75. The minimum absolute atomic E-state index is 0.0334. The lowest BCUT2D eigenvalue weighted by Crippen LogP contribution is -2.42. The predicted molar refractivity (Wildman–Crippen MR) is 110 cm³/mol. The summed E-state index contributed by atoms with van der Waals surface area (Å²) in [6.45, 7) is 0.685. The summed E-state index contributed by atoms with van der Waals surface area (Å²) in [5.41, 5.74) is 1.05. The van der Waals surface area contributed by atoms with Crippen molar-refractivity contribution in [3.8, 4) is 23.2 Å².